The summed E-state index contributed by atoms with van der Waals surface area (Å²) in [5.41, 5.74) is 0.822. The summed E-state index contributed by atoms with van der Waals surface area (Å²) in [4.78, 5) is 0. The molecule has 0 radical (unpaired) electrons. The second-order valence-electron chi connectivity index (χ2n) is 3.23. The smallest absolute Gasteiger partial charge is 0.127 e. The van der Waals surface area contributed by atoms with Crippen molar-refractivity contribution in [1.29, 1.82) is 0 Å². The summed E-state index contributed by atoms with van der Waals surface area (Å²) in [6.07, 6.45) is 1.37. The summed E-state index contributed by atoms with van der Waals surface area (Å²) >= 11 is 0. The van der Waals surface area contributed by atoms with E-state index in [1.165, 1.54) is 6.21 Å². The van der Waals surface area contributed by atoms with Crippen LogP contribution in [0.25, 0.3) is 0 Å². The number of rotatable bonds is 3. The monoisotopic (exact) mass is 213 g/mol. The highest BCUT2D eigenvalue weighted by Gasteiger charge is 1.95. The average Bonchev–Trinajstić information content (AvgIpc) is 2.33. The molecule has 0 aliphatic rings. The molecule has 0 bridgehead atoms. The summed E-state index contributed by atoms with van der Waals surface area (Å²) in [5, 5.41) is 11.3. The normalized spacial score (nSPS) is 10.5. The molecule has 2 aromatic rings. The number of oxime groups is 1. The van der Waals surface area contributed by atoms with Crippen LogP contribution in [-0.2, 0) is 0 Å². The third kappa shape index (κ3) is 2.60. The maximum absolute atomic E-state index is 8.36. The fourth-order valence-electron chi connectivity index (χ4n) is 1.31. The standard InChI is InChI=1S/C13H11NO2/c15-14-10-11-6-8-13(9-7-11)16-12-4-2-1-3-5-12/h1-10,15H/b14-10+. The molecule has 0 fully saturated rings. The van der Waals surface area contributed by atoms with Crippen molar-refractivity contribution in [3.05, 3.63) is 60.2 Å². The Balaban J connectivity index is 2.11. The van der Waals surface area contributed by atoms with Gasteiger partial charge >= 0.3 is 0 Å². The number of para-hydroxylation sites is 1. The van der Waals surface area contributed by atoms with E-state index in [4.69, 9.17) is 9.94 Å². The van der Waals surface area contributed by atoms with Crippen LogP contribution in [0.5, 0.6) is 11.5 Å². The van der Waals surface area contributed by atoms with E-state index in [1.807, 2.05) is 54.6 Å². The number of nitrogens with zero attached hydrogens (tertiary/aromatic N) is 1. The zero-order valence-corrected chi connectivity index (χ0v) is 8.58. The molecule has 0 heterocycles. The van der Waals surface area contributed by atoms with Crippen LogP contribution >= 0.6 is 0 Å². The number of hydrogen-bond acceptors (Lipinski definition) is 3. The summed E-state index contributed by atoms with van der Waals surface area (Å²) < 4.78 is 5.60. The predicted octanol–water partition coefficient (Wildman–Crippen LogP) is 3.29. The lowest BCUT2D eigenvalue weighted by atomic mass is 10.2. The Hall–Kier alpha value is -2.29. The van der Waals surface area contributed by atoms with Gasteiger partial charge in [-0.1, -0.05) is 23.4 Å². The Kier molecular flexibility index (Phi) is 3.18. The van der Waals surface area contributed by atoms with E-state index in [1.54, 1.807) is 0 Å². The molecule has 0 aliphatic carbocycles. The van der Waals surface area contributed by atoms with Crippen LogP contribution in [0, 0.1) is 0 Å². The van der Waals surface area contributed by atoms with E-state index in [0.717, 1.165) is 17.1 Å². The van der Waals surface area contributed by atoms with Gasteiger partial charge in [-0.15, -0.1) is 0 Å². The van der Waals surface area contributed by atoms with Gasteiger partial charge in [-0.3, -0.25) is 0 Å². The molecule has 2 aromatic carbocycles. The Morgan fingerprint density at radius 2 is 1.50 bits per heavy atom. The molecular formula is C13H11NO2. The molecule has 0 amide bonds. The minimum absolute atomic E-state index is 0.751. The molecule has 3 nitrogen and oxygen atoms in total. The van der Waals surface area contributed by atoms with Gasteiger partial charge in [0.15, 0.2) is 0 Å². The summed E-state index contributed by atoms with van der Waals surface area (Å²) in [5.74, 6) is 1.55. The average molecular weight is 213 g/mol. The van der Waals surface area contributed by atoms with Crippen LogP contribution in [0.15, 0.2) is 59.8 Å². The van der Waals surface area contributed by atoms with E-state index in [-0.39, 0.29) is 0 Å². The second-order valence-corrected chi connectivity index (χ2v) is 3.23. The molecule has 0 aliphatic heterocycles. The van der Waals surface area contributed by atoms with Gasteiger partial charge in [-0.2, -0.15) is 0 Å². The fourth-order valence-corrected chi connectivity index (χ4v) is 1.31. The summed E-state index contributed by atoms with van der Waals surface area (Å²) in [7, 11) is 0. The molecule has 0 aromatic heterocycles. The SMILES string of the molecule is O/N=C/c1ccc(Oc2ccccc2)cc1. The first-order valence-corrected chi connectivity index (χ1v) is 4.89. The first kappa shape index (κ1) is 10.2. The Bertz CT molecular complexity index is 463. The molecular weight excluding hydrogens is 202 g/mol. The van der Waals surface area contributed by atoms with Gasteiger partial charge < -0.3 is 9.94 Å². The predicted molar refractivity (Wildman–Crippen MR) is 62.3 cm³/mol. The minimum atomic E-state index is 0.751. The highest BCUT2D eigenvalue weighted by atomic mass is 16.5. The van der Waals surface area contributed by atoms with Crippen LogP contribution in [0.1, 0.15) is 5.56 Å². The van der Waals surface area contributed by atoms with E-state index in [0.29, 0.717) is 0 Å². The van der Waals surface area contributed by atoms with Gasteiger partial charge in [-0.05, 0) is 42.0 Å². The number of ether oxygens (including phenoxy) is 1. The largest absolute Gasteiger partial charge is 0.457 e. The molecule has 0 saturated heterocycles. The van der Waals surface area contributed by atoms with E-state index in [2.05, 4.69) is 5.16 Å². The van der Waals surface area contributed by atoms with Crippen molar-refractivity contribution in [2.24, 2.45) is 5.16 Å². The highest BCUT2D eigenvalue weighted by Crippen LogP contribution is 2.20. The van der Waals surface area contributed by atoms with Crippen LogP contribution in [-0.4, -0.2) is 11.4 Å². The van der Waals surface area contributed by atoms with Crippen LogP contribution in [0.2, 0.25) is 0 Å². The summed E-state index contributed by atoms with van der Waals surface area (Å²) in [6.45, 7) is 0. The van der Waals surface area contributed by atoms with E-state index >= 15 is 0 Å². The Morgan fingerprint density at radius 1 is 0.875 bits per heavy atom. The quantitative estimate of drug-likeness (QED) is 0.483. The number of hydrogen-bond donors (Lipinski definition) is 1. The highest BCUT2D eigenvalue weighted by molar-refractivity contribution is 5.79. The third-order valence-electron chi connectivity index (χ3n) is 2.07. The van der Waals surface area contributed by atoms with Gasteiger partial charge in [-0.25, -0.2) is 0 Å². The molecule has 0 unspecified atom stereocenters. The molecule has 1 N–H and O–H groups in total. The Morgan fingerprint density at radius 3 is 2.12 bits per heavy atom. The lowest BCUT2D eigenvalue weighted by molar-refractivity contribution is 0.322. The third-order valence-corrected chi connectivity index (χ3v) is 2.07. The van der Waals surface area contributed by atoms with Gasteiger partial charge in [0.2, 0.25) is 0 Å². The molecule has 2 rings (SSSR count). The Labute approximate surface area is 93.6 Å². The minimum Gasteiger partial charge on any atom is -0.457 e. The van der Waals surface area contributed by atoms with E-state index < -0.39 is 0 Å². The lowest BCUT2D eigenvalue weighted by Gasteiger charge is -2.04. The molecule has 16 heavy (non-hydrogen) atoms. The molecule has 0 atom stereocenters. The number of benzene rings is 2. The molecule has 0 spiro atoms. The van der Waals surface area contributed by atoms with Crippen molar-refractivity contribution in [2.45, 2.75) is 0 Å². The van der Waals surface area contributed by atoms with Gasteiger partial charge in [0.25, 0.3) is 0 Å². The van der Waals surface area contributed by atoms with Gasteiger partial charge in [0, 0.05) is 0 Å². The first-order chi connectivity index (χ1) is 7.88. The maximum Gasteiger partial charge on any atom is 0.127 e. The fraction of sp³-hybridized carbons (Fsp3) is 0. The van der Waals surface area contributed by atoms with Crippen molar-refractivity contribution >= 4 is 6.21 Å². The van der Waals surface area contributed by atoms with Crippen LogP contribution in [0.3, 0.4) is 0 Å². The van der Waals surface area contributed by atoms with Crippen molar-refractivity contribution in [3.63, 3.8) is 0 Å². The second kappa shape index (κ2) is 4.98. The van der Waals surface area contributed by atoms with Gasteiger partial charge in [0.1, 0.15) is 11.5 Å². The van der Waals surface area contributed by atoms with Gasteiger partial charge in [0.05, 0.1) is 6.21 Å². The maximum atomic E-state index is 8.36. The van der Waals surface area contributed by atoms with Crippen molar-refractivity contribution in [2.75, 3.05) is 0 Å². The van der Waals surface area contributed by atoms with Crippen molar-refractivity contribution in [3.8, 4) is 11.5 Å². The van der Waals surface area contributed by atoms with Crippen molar-refractivity contribution < 1.29 is 9.94 Å². The van der Waals surface area contributed by atoms with Crippen molar-refractivity contribution in [1.82, 2.24) is 0 Å². The molecule has 3 heteroatoms. The topological polar surface area (TPSA) is 41.8 Å². The van der Waals surface area contributed by atoms with Crippen LogP contribution < -0.4 is 4.74 Å². The first-order valence-electron chi connectivity index (χ1n) is 4.89. The lowest BCUT2D eigenvalue weighted by Crippen LogP contribution is -1.85. The summed E-state index contributed by atoms with van der Waals surface area (Å²) in [6, 6.07) is 16.8. The zero-order chi connectivity index (χ0) is 11.2. The molecule has 0 saturated carbocycles. The van der Waals surface area contributed by atoms with Crippen LogP contribution in [0.4, 0.5) is 0 Å². The molecule has 80 valence electrons. The van der Waals surface area contributed by atoms with E-state index in [9.17, 15) is 0 Å². The zero-order valence-electron chi connectivity index (χ0n) is 8.58.